The highest BCUT2D eigenvalue weighted by Gasteiger charge is 2.27. The van der Waals surface area contributed by atoms with Crippen molar-refractivity contribution in [1.29, 1.82) is 0 Å². The van der Waals surface area contributed by atoms with Gasteiger partial charge in [0.15, 0.2) is 9.84 Å². The van der Waals surface area contributed by atoms with E-state index in [4.69, 9.17) is 0 Å². The molecule has 1 saturated carbocycles. The van der Waals surface area contributed by atoms with Gasteiger partial charge in [-0.3, -0.25) is 0 Å². The van der Waals surface area contributed by atoms with Gasteiger partial charge in [0.05, 0.1) is 10.6 Å². The molecule has 0 amide bonds. The van der Waals surface area contributed by atoms with Crippen LogP contribution in [0.1, 0.15) is 19.8 Å². The van der Waals surface area contributed by atoms with E-state index in [0.29, 0.717) is 17.5 Å². The molecule has 4 heteroatoms. The minimum atomic E-state index is -3.12. The van der Waals surface area contributed by atoms with Crippen LogP contribution in [0.5, 0.6) is 0 Å². The highest BCUT2D eigenvalue weighted by Crippen LogP contribution is 2.32. The average Bonchev–Trinajstić information content (AvgIpc) is 3.14. The van der Waals surface area contributed by atoms with Gasteiger partial charge in [-0.1, -0.05) is 18.2 Å². The van der Waals surface area contributed by atoms with Gasteiger partial charge in [0.1, 0.15) is 0 Å². The maximum atomic E-state index is 12.0. The van der Waals surface area contributed by atoms with E-state index in [1.54, 1.807) is 24.3 Å². The van der Waals surface area contributed by atoms with E-state index in [0.717, 1.165) is 5.92 Å². The van der Waals surface area contributed by atoms with Crippen LogP contribution in [0.4, 0.5) is 0 Å². The van der Waals surface area contributed by atoms with Gasteiger partial charge in [0.25, 0.3) is 0 Å². The van der Waals surface area contributed by atoms with Crippen molar-refractivity contribution in [2.24, 2.45) is 5.92 Å². The SMILES string of the molecule is CC(NCCS(=O)(=O)c1ccccc1)C1CC1. The van der Waals surface area contributed by atoms with Crippen LogP contribution in [0.25, 0.3) is 0 Å². The Morgan fingerprint density at radius 2 is 1.94 bits per heavy atom. The molecule has 1 fully saturated rings. The number of nitrogens with one attached hydrogen (secondary N) is 1. The number of sulfone groups is 1. The van der Waals surface area contributed by atoms with Gasteiger partial charge in [0, 0.05) is 12.6 Å². The van der Waals surface area contributed by atoms with Crippen molar-refractivity contribution in [3.05, 3.63) is 30.3 Å². The summed E-state index contributed by atoms with van der Waals surface area (Å²) >= 11 is 0. The molecule has 1 unspecified atom stereocenters. The first-order chi connectivity index (χ1) is 8.09. The molecule has 0 aliphatic heterocycles. The van der Waals surface area contributed by atoms with Gasteiger partial charge in [-0.05, 0) is 37.8 Å². The number of hydrogen-bond donors (Lipinski definition) is 1. The molecular weight excluding hydrogens is 234 g/mol. The zero-order valence-corrected chi connectivity index (χ0v) is 10.9. The van der Waals surface area contributed by atoms with Crippen molar-refractivity contribution >= 4 is 9.84 Å². The monoisotopic (exact) mass is 253 g/mol. The van der Waals surface area contributed by atoms with Gasteiger partial charge in [-0.25, -0.2) is 8.42 Å². The third-order valence-electron chi connectivity index (χ3n) is 3.27. The topological polar surface area (TPSA) is 46.2 Å². The molecule has 3 nitrogen and oxygen atoms in total. The fourth-order valence-corrected chi connectivity index (χ4v) is 3.12. The second kappa shape index (κ2) is 5.19. The molecule has 1 aromatic rings. The molecule has 17 heavy (non-hydrogen) atoms. The van der Waals surface area contributed by atoms with Crippen molar-refractivity contribution < 1.29 is 8.42 Å². The minimum absolute atomic E-state index is 0.175. The zero-order chi connectivity index (χ0) is 12.3. The molecule has 0 spiro atoms. The molecule has 1 atom stereocenters. The van der Waals surface area contributed by atoms with Crippen LogP contribution in [0.2, 0.25) is 0 Å². The zero-order valence-electron chi connectivity index (χ0n) is 10.1. The van der Waals surface area contributed by atoms with E-state index >= 15 is 0 Å². The Hall–Kier alpha value is -0.870. The van der Waals surface area contributed by atoms with Gasteiger partial charge < -0.3 is 5.32 Å². The maximum absolute atomic E-state index is 12.0. The maximum Gasteiger partial charge on any atom is 0.179 e. The predicted molar refractivity (Wildman–Crippen MR) is 68.7 cm³/mol. The molecule has 2 rings (SSSR count). The summed E-state index contributed by atoms with van der Waals surface area (Å²) in [4.78, 5) is 0.417. The highest BCUT2D eigenvalue weighted by atomic mass is 32.2. The van der Waals surface area contributed by atoms with Crippen LogP contribution >= 0.6 is 0 Å². The molecule has 1 N–H and O–H groups in total. The normalized spacial score (nSPS) is 17.9. The molecule has 1 aromatic carbocycles. The van der Waals surface area contributed by atoms with Gasteiger partial charge >= 0.3 is 0 Å². The molecule has 0 saturated heterocycles. The van der Waals surface area contributed by atoms with E-state index in [9.17, 15) is 8.42 Å². The molecule has 94 valence electrons. The van der Waals surface area contributed by atoms with Crippen molar-refractivity contribution in [1.82, 2.24) is 5.32 Å². The third kappa shape index (κ3) is 3.54. The molecule has 0 heterocycles. The molecule has 0 bridgehead atoms. The highest BCUT2D eigenvalue weighted by molar-refractivity contribution is 7.91. The number of benzene rings is 1. The van der Waals surface area contributed by atoms with Crippen LogP contribution in [-0.4, -0.2) is 26.8 Å². The van der Waals surface area contributed by atoms with Crippen LogP contribution in [0.3, 0.4) is 0 Å². The minimum Gasteiger partial charge on any atom is -0.313 e. The first-order valence-electron chi connectivity index (χ1n) is 6.11. The van der Waals surface area contributed by atoms with Crippen LogP contribution < -0.4 is 5.32 Å². The average molecular weight is 253 g/mol. The fraction of sp³-hybridized carbons (Fsp3) is 0.538. The molecule has 0 radical (unpaired) electrons. The summed E-state index contributed by atoms with van der Waals surface area (Å²) < 4.78 is 23.9. The lowest BCUT2D eigenvalue weighted by molar-refractivity contribution is 0.509. The Labute approximate surface area is 103 Å². The summed E-state index contributed by atoms with van der Waals surface area (Å²) in [5.74, 6) is 0.933. The Kier molecular flexibility index (Phi) is 3.84. The Bertz CT molecular complexity index is 452. The summed E-state index contributed by atoms with van der Waals surface area (Å²) in [5.41, 5.74) is 0. The number of rotatable bonds is 6. The summed E-state index contributed by atoms with van der Waals surface area (Å²) in [7, 11) is -3.12. The van der Waals surface area contributed by atoms with Crippen LogP contribution in [-0.2, 0) is 9.84 Å². The van der Waals surface area contributed by atoms with Gasteiger partial charge in [-0.15, -0.1) is 0 Å². The lowest BCUT2D eigenvalue weighted by atomic mass is 10.2. The second-order valence-electron chi connectivity index (χ2n) is 4.71. The lowest BCUT2D eigenvalue weighted by Crippen LogP contribution is -2.32. The largest absolute Gasteiger partial charge is 0.313 e. The van der Waals surface area contributed by atoms with Crippen molar-refractivity contribution in [3.8, 4) is 0 Å². The van der Waals surface area contributed by atoms with E-state index in [2.05, 4.69) is 12.2 Å². The van der Waals surface area contributed by atoms with E-state index < -0.39 is 9.84 Å². The van der Waals surface area contributed by atoms with Gasteiger partial charge in [0.2, 0.25) is 0 Å². The standard InChI is InChI=1S/C13H19NO2S/c1-11(12-7-8-12)14-9-10-17(15,16)13-5-3-2-4-6-13/h2-6,11-12,14H,7-10H2,1H3. The molecule has 0 aromatic heterocycles. The van der Waals surface area contributed by atoms with E-state index in [-0.39, 0.29) is 5.75 Å². The second-order valence-corrected chi connectivity index (χ2v) is 6.82. The predicted octanol–water partition coefficient (Wildman–Crippen LogP) is 1.85. The summed E-state index contributed by atoms with van der Waals surface area (Å²) in [6.45, 7) is 2.67. The van der Waals surface area contributed by atoms with Crippen LogP contribution in [0.15, 0.2) is 35.2 Å². The Morgan fingerprint density at radius 1 is 1.29 bits per heavy atom. The smallest absolute Gasteiger partial charge is 0.179 e. The Balaban J connectivity index is 1.85. The Morgan fingerprint density at radius 3 is 2.53 bits per heavy atom. The molecule has 1 aliphatic rings. The van der Waals surface area contributed by atoms with Crippen LogP contribution in [0, 0.1) is 5.92 Å². The van der Waals surface area contributed by atoms with Crippen molar-refractivity contribution in [2.75, 3.05) is 12.3 Å². The molecule has 1 aliphatic carbocycles. The quantitative estimate of drug-likeness (QED) is 0.841. The van der Waals surface area contributed by atoms with Crippen molar-refractivity contribution in [3.63, 3.8) is 0 Å². The summed E-state index contributed by atoms with van der Waals surface area (Å²) in [5, 5.41) is 3.29. The third-order valence-corrected chi connectivity index (χ3v) is 5.00. The number of hydrogen-bond acceptors (Lipinski definition) is 3. The first-order valence-corrected chi connectivity index (χ1v) is 7.76. The van der Waals surface area contributed by atoms with Crippen molar-refractivity contribution in [2.45, 2.75) is 30.7 Å². The first kappa shape index (κ1) is 12.6. The molecular formula is C13H19NO2S. The van der Waals surface area contributed by atoms with E-state index in [1.165, 1.54) is 12.8 Å². The van der Waals surface area contributed by atoms with E-state index in [1.807, 2.05) is 6.07 Å². The summed E-state index contributed by atoms with van der Waals surface area (Å²) in [6.07, 6.45) is 2.55. The van der Waals surface area contributed by atoms with Gasteiger partial charge in [-0.2, -0.15) is 0 Å². The fourth-order valence-electron chi connectivity index (χ4n) is 1.93. The summed E-state index contributed by atoms with van der Waals surface area (Å²) in [6, 6.07) is 9.09. The lowest BCUT2D eigenvalue weighted by Gasteiger charge is -2.12.